The van der Waals surface area contributed by atoms with Crippen LogP contribution in [0.2, 0.25) is 0 Å². The summed E-state index contributed by atoms with van der Waals surface area (Å²) >= 11 is 0. The van der Waals surface area contributed by atoms with Crippen LogP contribution in [-0.4, -0.2) is 34.2 Å². The Bertz CT molecular complexity index is 355. The van der Waals surface area contributed by atoms with Gasteiger partial charge in [0.15, 0.2) is 0 Å². The normalized spacial score (nSPS) is 29.6. The fourth-order valence-corrected chi connectivity index (χ4v) is 3.50. The molecule has 0 unspecified atom stereocenters. The standard InChI is InChI=1S/C15H25NO4/c17-12-6-4-11(5-7-12)16-13(18)10-15(14(19)20)8-2-1-3-9-15/h11-12,17H,1-10H2,(H,16,18)(H,19,20). The van der Waals surface area contributed by atoms with Gasteiger partial charge in [-0.2, -0.15) is 0 Å². The molecule has 0 aromatic rings. The second-order valence-electron chi connectivity index (χ2n) is 6.40. The molecule has 2 rings (SSSR count). The first-order chi connectivity index (χ1) is 9.52. The molecule has 0 heterocycles. The van der Waals surface area contributed by atoms with Crippen molar-refractivity contribution in [2.45, 2.75) is 76.4 Å². The number of nitrogens with one attached hydrogen (secondary N) is 1. The Labute approximate surface area is 119 Å². The van der Waals surface area contributed by atoms with E-state index in [0.717, 1.165) is 44.9 Å². The van der Waals surface area contributed by atoms with Gasteiger partial charge in [0.25, 0.3) is 0 Å². The Morgan fingerprint density at radius 1 is 1.05 bits per heavy atom. The molecule has 5 nitrogen and oxygen atoms in total. The van der Waals surface area contributed by atoms with Gasteiger partial charge in [-0.1, -0.05) is 19.3 Å². The molecule has 2 fully saturated rings. The molecule has 0 aromatic heterocycles. The number of aliphatic hydroxyl groups is 1. The summed E-state index contributed by atoms with van der Waals surface area (Å²) in [5, 5.41) is 21.9. The lowest BCUT2D eigenvalue weighted by molar-refractivity contribution is -0.154. The molecule has 0 saturated heterocycles. The molecule has 114 valence electrons. The molecule has 20 heavy (non-hydrogen) atoms. The molecule has 0 radical (unpaired) electrons. The van der Waals surface area contributed by atoms with Gasteiger partial charge in [-0.05, 0) is 38.5 Å². The van der Waals surface area contributed by atoms with Crippen molar-refractivity contribution < 1.29 is 19.8 Å². The van der Waals surface area contributed by atoms with Crippen LogP contribution in [-0.2, 0) is 9.59 Å². The third-order valence-electron chi connectivity index (χ3n) is 4.83. The van der Waals surface area contributed by atoms with Gasteiger partial charge in [0, 0.05) is 12.5 Å². The maximum atomic E-state index is 12.1. The highest BCUT2D eigenvalue weighted by molar-refractivity contribution is 5.85. The fourth-order valence-electron chi connectivity index (χ4n) is 3.50. The summed E-state index contributed by atoms with van der Waals surface area (Å²) in [6.07, 6.45) is 6.94. The molecule has 0 aliphatic heterocycles. The number of carboxylic acid groups (broad SMARTS) is 1. The number of aliphatic hydroxyl groups excluding tert-OH is 1. The van der Waals surface area contributed by atoms with E-state index >= 15 is 0 Å². The third-order valence-corrected chi connectivity index (χ3v) is 4.83. The summed E-state index contributed by atoms with van der Waals surface area (Å²) in [6, 6.07) is 0.0975. The molecule has 2 aliphatic carbocycles. The smallest absolute Gasteiger partial charge is 0.310 e. The number of amides is 1. The Balaban J connectivity index is 1.87. The van der Waals surface area contributed by atoms with Crippen LogP contribution >= 0.6 is 0 Å². The van der Waals surface area contributed by atoms with Gasteiger partial charge in [0.1, 0.15) is 0 Å². The van der Waals surface area contributed by atoms with Crippen LogP contribution in [0.4, 0.5) is 0 Å². The second-order valence-corrected chi connectivity index (χ2v) is 6.40. The first-order valence-electron chi connectivity index (χ1n) is 7.73. The van der Waals surface area contributed by atoms with E-state index in [1.807, 2.05) is 0 Å². The van der Waals surface area contributed by atoms with E-state index in [4.69, 9.17) is 0 Å². The SMILES string of the molecule is O=C(CC1(C(=O)O)CCCCC1)NC1CCC(O)CC1. The Kier molecular flexibility index (Phi) is 5.02. The summed E-state index contributed by atoms with van der Waals surface area (Å²) in [4.78, 5) is 23.7. The Morgan fingerprint density at radius 3 is 2.20 bits per heavy atom. The Hall–Kier alpha value is -1.10. The van der Waals surface area contributed by atoms with Crippen LogP contribution in [0.5, 0.6) is 0 Å². The lowest BCUT2D eigenvalue weighted by Gasteiger charge is -2.33. The van der Waals surface area contributed by atoms with Crippen molar-refractivity contribution >= 4 is 11.9 Å². The van der Waals surface area contributed by atoms with Gasteiger partial charge in [-0.3, -0.25) is 9.59 Å². The van der Waals surface area contributed by atoms with Gasteiger partial charge < -0.3 is 15.5 Å². The number of aliphatic carboxylic acids is 1. The topological polar surface area (TPSA) is 86.6 Å². The minimum absolute atomic E-state index is 0.0975. The lowest BCUT2D eigenvalue weighted by atomic mass is 9.71. The highest BCUT2D eigenvalue weighted by Gasteiger charge is 2.41. The molecule has 5 heteroatoms. The quantitative estimate of drug-likeness (QED) is 0.734. The monoisotopic (exact) mass is 283 g/mol. The minimum atomic E-state index is -0.851. The molecule has 0 spiro atoms. The molecule has 0 aromatic carbocycles. The number of carboxylic acids is 1. The van der Waals surface area contributed by atoms with Crippen molar-refractivity contribution in [1.29, 1.82) is 0 Å². The van der Waals surface area contributed by atoms with Gasteiger partial charge in [-0.15, -0.1) is 0 Å². The van der Waals surface area contributed by atoms with Gasteiger partial charge in [-0.25, -0.2) is 0 Å². The Morgan fingerprint density at radius 2 is 1.65 bits per heavy atom. The average molecular weight is 283 g/mol. The molecular weight excluding hydrogens is 258 g/mol. The van der Waals surface area contributed by atoms with Crippen molar-refractivity contribution in [3.8, 4) is 0 Å². The largest absolute Gasteiger partial charge is 0.481 e. The van der Waals surface area contributed by atoms with E-state index in [9.17, 15) is 19.8 Å². The van der Waals surface area contributed by atoms with Crippen LogP contribution in [0.1, 0.15) is 64.2 Å². The summed E-state index contributed by atoms with van der Waals surface area (Å²) in [5.74, 6) is -0.970. The minimum Gasteiger partial charge on any atom is -0.481 e. The molecule has 3 N–H and O–H groups in total. The van der Waals surface area contributed by atoms with Crippen molar-refractivity contribution in [2.75, 3.05) is 0 Å². The van der Waals surface area contributed by atoms with E-state index in [0.29, 0.717) is 12.8 Å². The number of carbonyl (C=O) groups is 2. The number of hydrogen-bond acceptors (Lipinski definition) is 3. The maximum Gasteiger partial charge on any atom is 0.310 e. The van der Waals surface area contributed by atoms with E-state index in [2.05, 4.69) is 5.32 Å². The first-order valence-corrected chi connectivity index (χ1v) is 7.73. The van der Waals surface area contributed by atoms with Crippen molar-refractivity contribution in [2.24, 2.45) is 5.41 Å². The molecular formula is C15H25NO4. The van der Waals surface area contributed by atoms with Crippen LogP contribution < -0.4 is 5.32 Å². The van der Waals surface area contributed by atoms with Crippen LogP contribution in [0.3, 0.4) is 0 Å². The van der Waals surface area contributed by atoms with Gasteiger partial charge in [0.05, 0.1) is 11.5 Å². The molecule has 0 bridgehead atoms. The molecule has 2 aliphatic rings. The first kappa shape index (κ1) is 15.3. The zero-order valence-corrected chi connectivity index (χ0v) is 11.9. The molecule has 0 atom stereocenters. The predicted molar refractivity (Wildman–Crippen MR) is 74.2 cm³/mol. The zero-order chi connectivity index (χ0) is 14.6. The van der Waals surface area contributed by atoms with E-state index < -0.39 is 11.4 Å². The van der Waals surface area contributed by atoms with Crippen LogP contribution in [0, 0.1) is 5.41 Å². The molecule has 1 amide bonds. The average Bonchev–Trinajstić information content (AvgIpc) is 2.42. The molecule has 2 saturated carbocycles. The highest BCUT2D eigenvalue weighted by Crippen LogP contribution is 2.39. The summed E-state index contributed by atoms with van der Waals surface area (Å²) in [6.45, 7) is 0. The fraction of sp³-hybridized carbons (Fsp3) is 0.867. The lowest BCUT2D eigenvalue weighted by Crippen LogP contribution is -2.43. The second kappa shape index (κ2) is 6.57. The van der Waals surface area contributed by atoms with Gasteiger partial charge >= 0.3 is 5.97 Å². The van der Waals surface area contributed by atoms with E-state index in [1.165, 1.54) is 0 Å². The number of carbonyl (C=O) groups excluding carboxylic acids is 1. The van der Waals surface area contributed by atoms with E-state index in [-0.39, 0.29) is 24.5 Å². The summed E-state index contributed by atoms with van der Waals surface area (Å²) in [5.41, 5.74) is -0.851. The zero-order valence-electron chi connectivity index (χ0n) is 11.9. The van der Waals surface area contributed by atoms with Crippen molar-refractivity contribution in [3.05, 3.63) is 0 Å². The van der Waals surface area contributed by atoms with Crippen LogP contribution in [0.25, 0.3) is 0 Å². The van der Waals surface area contributed by atoms with Crippen LogP contribution in [0.15, 0.2) is 0 Å². The van der Waals surface area contributed by atoms with Crippen molar-refractivity contribution in [1.82, 2.24) is 5.32 Å². The number of hydrogen-bond donors (Lipinski definition) is 3. The number of rotatable bonds is 4. The van der Waals surface area contributed by atoms with Gasteiger partial charge in [0.2, 0.25) is 5.91 Å². The maximum absolute atomic E-state index is 12.1. The summed E-state index contributed by atoms with van der Waals surface area (Å²) < 4.78 is 0. The highest BCUT2D eigenvalue weighted by atomic mass is 16.4. The summed E-state index contributed by atoms with van der Waals surface area (Å²) in [7, 11) is 0. The third kappa shape index (κ3) is 3.72. The van der Waals surface area contributed by atoms with Crippen molar-refractivity contribution in [3.63, 3.8) is 0 Å². The predicted octanol–water partition coefficient (Wildman–Crippen LogP) is 1.83. The van der Waals surface area contributed by atoms with E-state index in [1.54, 1.807) is 0 Å².